The van der Waals surface area contributed by atoms with Crippen molar-refractivity contribution in [3.8, 4) is 0 Å². The summed E-state index contributed by atoms with van der Waals surface area (Å²) in [6.45, 7) is 8.26. The molecule has 0 aromatic carbocycles. The number of aromatic nitrogens is 2. The fourth-order valence-electron chi connectivity index (χ4n) is 1.50. The third-order valence-corrected chi connectivity index (χ3v) is 2.39. The summed E-state index contributed by atoms with van der Waals surface area (Å²) in [6, 6.07) is 0. The minimum Gasteiger partial charge on any atom is -0.425 e. The van der Waals surface area contributed by atoms with Crippen LogP contribution in [0.15, 0.2) is 4.42 Å². The number of nitrogens with one attached hydrogen (secondary N) is 1. The summed E-state index contributed by atoms with van der Waals surface area (Å²) in [5, 5.41) is 11.3. The van der Waals surface area contributed by atoms with Crippen LogP contribution in [0.25, 0.3) is 0 Å². The van der Waals surface area contributed by atoms with Gasteiger partial charge >= 0.3 is 0 Å². The average molecular weight is 211 g/mol. The topological polar surface area (TPSA) is 51.0 Å². The first kappa shape index (κ1) is 12.2. The lowest BCUT2D eigenvalue weighted by Crippen LogP contribution is -2.16. The first-order valence-electron chi connectivity index (χ1n) is 5.80. The summed E-state index contributed by atoms with van der Waals surface area (Å²) in [5.41, 5.74) is 0. The van der Waals surface area contributed by atoms with Crippen LogP contribution in [0.1, 0.15) is 51.3 Å². The van der Waals surface area contributed by atoms with Gasteiger partial charge in [0.15, 0.2) is 0 Å². The van der Waals surface area contributed by atoms with E-state index < -0.39 is 0 Å². The number of likely N-dealkylation sites (N-methyl/N-ethyl adjacent to an activating group) is 1. The lowest BCUT2D eigenvalue weighted by molar-refractivity contribution is 0.410. The smallest absolute Gasteiger partial charge is 0.219 e. The van der Waals surface area contributed by atoms with Crippen molar-refractivity contribution >= 4 is 0 Å². The number of hydrogen-bond acceptors (Lipinski definition) is 4. The summed E-state index contributed by atoms with van der Waals surface area (Å²) in [4.78, 5) is 0. The van der Waals surface area contributed by atoms with Crippen molar-refractivity contribution in [2.75, 3.05) is 13.1 Å². The zero-order valence-electron chi connectivity index (χ0n) is 9.92. The summed E-state index contributed by atoms with van der Waals surface area (Å²) < 4.78 is 5.58. The quantitative estimate of drug-likeness (QED) is 0.702. The molecule has 0 amide bonds. The molecule has 0 spiro atoms. The van der Waals surface area contributed by atoms with Crippen molar-refractivity contribution in [2.45, 2.75) is 46.0 Å². The Kier molecular flexibility index (Phi) is 5.32. The van der Waals surface area contributed by atoms with Crippen LogP contribution in [0.5, 0.6) is 0 Å². The van der Waals surface area contributed by atoms with Gasteiger partial charge in [0.2, 0.25) is 11.8 Å². The Labute approximate surface area is 91.5 Å². The Bertz CT molecular complexity index is 273. The zero-order valence-corrected chi connectivity index (χ0v) is 9.92. The average Bonchev–Trinajstić information content (AvgIpc) is 2.67. The molecule has 15 heavy (non-hydrogen) atoms. The van der Waals surface area contributed by atoms with E-state index in [1.54, 1.807) is 0 Å². The van der Waals surface area contributed by atoms with E-state index in [2.05, 4.69) is 36.3 Å². The highest BCUT2D eigenvalue weighted by Crippen LogP contribution is 2.18. The van der Waals surface area contributed by atoms with Crippen LogP contribution in [0.3, 0.4) is 0 Å². The monoisotopic (exact) mass is 211 g/mol. The van der Waals surface area contributed by atoms with Gasteiger partial charge in [0.1, 0.15) is 0 Å². The highest BCUT2D eigenvalue weighted by atomic mass is 16.4. The predicted octanol–water partition coefficient (Wildman–Crippen LogP) is 2.13. The molecule has 4 nitrogen and oxygen atoms in total. The molecule has 1 N–H and O–H groups in total. The Morgan fingerprint density at radius 2 is 2.13 bits per heavy atom. The van der Waals surface area contributed by atoms with E-state index in [1.807, 2.05) is 0 Å². The van der Waals surface area contributed by atoms with Gasteiger partial charge in [-0.1, -0.05) is 27.2 Å². The number of nitrogens with zero attached hydrogens (tertiary/aromatic N) is 2. The van der Waals surface area contributed by atoms with Crippen molar-refractivity contribution in [2.24, 2.45) is 0 Å². The van der Waals surface area contributed by atoms with Crippen LogP contribution in [0.2, 0.25) is 0 Å². The fraction of sp³-hybridized carbons (Fsp3) is 0.818. The van der Waals surface area contributed by atoms with E-state index in [4.69, 9.17) is 4.42 Å². The predicted molar refractivity (Wildman–Crippen MR) is 59.9 cm³/mol. The van der Waals surface area contributed by atoms with Crippen LogP contribution in [0.4, 0.5) is 0 Å². The molecule has 1 rings (SSSR count). The summed E-state index contributed by atoms with van der Waals surface area (Å²) in [6.07, 6.45) is 3.07. The molecule has 1 unspecified atom stereocenters. The zero-order chi connectivity index (χ0) is 11.1. The molecule has 1 aromatic heterocycles. The van der Waals surface area contributed by atoms with Gasteiger partial charge in [0.25, 0.3) is 0 Å². The Balaban J connectivity index is 2.41. The van der Waals surface area contributed by atoms with Gasteiger partial charge < -0.3 is 9.73 Å². The minimum atomic E-state index is 0.385. The van der Waals surface area contributed by atoms with Crippen molar-refractivity contribution < 1.29 is 4.42 Å². The van der Waals surface area contributed by atoms with E-state index in [-0.39, 0.29) is 0 Å². The second kappa shape index (κ2) is 6.56. The van der Waals surface area contributed by atoms with Gasteiger partial charge in [-0.15, -0.1) is 10.2 Å². The highest BCUT2D eigenvalue weighted by molar-refractivity contribution is 4.89. The second-order valence-corrected chi connectivity index (χ2v) is 3.83. The van der Waals surface area contributed by atoms with Crippen LogP contribution in [-0.2, 0) is 6.42 Å². The normalized spacial score (nSPS) is 13.0. The molecule has 0 saturated carbocycles. The molecule has 0 radical (unpaired) electrons. The molecule has 1 heterocycles. The first-order chi connectivity index (χ1) is 7.27. The molecule has 1 atom stereocenters. The molecule has 0 bridgehead atoms. The molecule has 0 saturated heterocycles. The van der Waals surface area contributed by atoms with Gasteiger partial charge in [-0.3, -0.25) is 0 Å². The highest BCUT2D eigenvalue weighted by Gasteiger charge is 2.12. The third kappa shape index (κ3) is 4.00. The molecule has 86 valence electrons. The maximum absolute atomic E-state index is 5.58. The Morgan fingerprint density at radius 3 is 2.80 bits per heavy atom. The fourth-order valence-corrected chi connectivity index (χ4v) is 1.50. The molecular formula is C11H21N3O. The second-order valence-electron chi connectivity index (χ2n) is 3.83. The van der Waals surface area contributed by atoms with Gasteiger partial charge in [-0.25, -0.2) is 0 Å². The Hall–Kier alpha value is -0.900. The molecule has 0 aliphatic rings. The van der Waals surface area contributed by atoms with E-state index >= 15 is 0 Å². The standard InChI is InChI=1S/C11H21N3O/c1-4-6-9(3)11-14-13-10(15-11)7-8-12-5-2/h9,12H,4-8H2,1-3H3. The molecule has 0 aliphatic carbocycles. The molecule has 0 fully saturated rings. The Morgan fingerprint density at radius 1 is 1.33 bits per heavy atom. The van der Waals surface area contributed by atoms with Crippen molar-refractivity contribution in [1.82, 2.24) is 15.5 Å². The SMILES string of the molecule is CCCC(C)c1nnc(CCNCC)o1. The summed E-state index contributed by atoms with van der Waals surface area (Å²) >= 11 is 0. The lowest BCUT2D eigenvalue weighted by Gasteiger charge is -2.02. The van der Waals surface area contributed by atoms with Crippen molar-refractivity contribution in [3.05, 3.63) is 11.8 Å². The summed E-state index contributed by atoms with van der Waals surface area (Å²) in [7, 11) is 0. The molecular weight excluding hydrogens is 190 g/mol. The molecule has 1 aromatic rings. The lowest BCUT2D eigenvalue weighted by atomic mass is 10.1. The minimum absolute atomic E-state index is 0.385. The van der Waals surface area contributed by atoms with E-state index in [1.165, 1.54) is 0 Å². The summed E-state index contributed by atoms with van der Waals surface area (Å²) in [5.74, 6) is 1.91. The first-order valence-corrected chi connectivity index (χ1v) is 5.80. The number of rotatable bonds is 7. The van der Waals surface area contributed by atoms with Gasteiger partial charge in [-0.05, 0) is 13.0 Å². The largest absolute Gasteiger partial charge is 0.425 e. The maximum atomic E-state index is 5.58. The number of hydrogen-bond donors (Lipinski definition) is 1. The van der Waals surface area contributed by atoms with Gasteiger partial charge in [-0.2, -0.15) is 0 Å². The van der Waals surface area contributed by atoms with Crippen LogP contribution in [0, 0.1) is 0 Å². The van der Waals surface area contributed by atoms with Crippen LogP contribution < -0.4 is 5.32 Å². The van der Waals surface area contributed by atoms with Crippen LogP contribution in [-0.4, -0.2) is 23.3 Å². The van der Waals surface area contributed by atoms with Gasteiger partial charge in [0.05, 0.1) is 0 Å². The van der Waals surface area contributed by atoms with E-state index in [9.17, 15) is 0 Å². The van der Waals surface area contributed by atoms with E-state index in [0.717, 1.165) is 44.1 Å². The van der Waals surface area contributed by atoms with Crippen molar-refractivity contribution in [3.63, 3.8) is 0 Å². The third-order valence-electron chi connectivity index (χ3n) is 2.39. The van der Waals surface area contributed by atoms with Gasteiger partial charge in [0, 0.05) is 18.9 Å². The molecule has 4 heteroatoms. The maximum Gasteiger partial charge on any atom is 0.219 e. The molecule has 0 aliphatic heterocycles. The van der Waals surface area contributed by atoms with Crippen LogP contribution >= 0.6 is 0 Å². The van der Waals surface area contributed by atoms with E-state index in [0.29, 0.717) is 5.92 Å². The van der Waals surface area contributed by atoms with Crippen molar-refractivity contribution in [1.29, 1.82) is 0 Å².